The van der Waals surface area contributed by atoms with Crippen LogP contribution in [0, 0.1) is 11.2 Å². The Morgan fingerprint density at radius 2 is 2.00 bits per heavy atom. The predicted molar refractivity (Wildman–Crippen MR) is 64.1 cm³/mol. The van der Waals surface area contributed by atoms with E-state index >= 15 is 0 Å². The van der Waals surface area contributed by atoms with Gasteiger partial charge in [-0.2, -0.15) is 0 Å². The van der Waals surface area contributed by atoms with Crippen molar-refractivity contribution in [1.29, 1.82) is 0 Å². The summed E-state index contributed by atoms with van der Waals surface area (Å²) in [4.78, 5) is 13.6. The summed E-state index contributed by atoms with van der Waals surface area (Å²) in [5, 5.41) is 0. The van der Waals surface area contributed by atoms with Gasteiger partial charge >= 0.3 is 0 Å². The Labute approximate surface area is 96.1 Å². The summed E-state index contributed by atoms with van der Waals surface area (Å²) < 4.78 is 13.0. The number of benzene rings is 1. The second kappa shape index (κ2) is 4.64. The second-order valence-electron chi connectivity index (χ2n) is 5.01. The van der Waals surface area contributed by atoms with E-state index in [9.17, 15) is 9.18 Å². The van der Waals surface area contributed by atoms with E-state index in [-0.39, 0.29) is 17.0 Å². The van der Waals surface area contributed by atoms with Gasteiger partial charge in [-0.05, 0) is 18.2 Å². The van der Waals surface area contributed by atoms with E-state index < -0.39 is 0 Å². The highest BCUT2D eigenvalue weighted by Gasteiger charge is 2.22. The average Bonchev–Trinajstić information content (AvgIpc) is 2.16. The lowest BCUT2D eigenvalue weighted by Crippen LogP contribution is -2.33. The monoisotopic (exact) mass is 223 g/mol. The first kappa shape index (κ1) is 12.7. The SMILES string of the molecule is CN(CC(=O)C(C)(C)C)c1cccc(F)c1. The number of Topliss-reactive ketones (excluding diaryl/α,β-unsaturated/α-hetero) is 1. The van der Waals surface area contributed by atoms with Crippen LogP contribution in [-0.4, -0.2) is 19.4 Å². The van der Waals surface area contributed by atoms with E-state index in [1.54, 1.807) is 24.1 Å². The minimum absolute atomic E-state index is 0.138. The van der Waals surface area contributed by atoms with Crippen molar-refractivity contribution in [3.63, 3.8) is 0 Å². The summed E-state index contributed by atoms with van der Waals surface area (Å²) in [6.45, 7) is 5.95. The summed E-state index contributed by atoms with van der Waals surface area (Å²) in [6.07, 6.45) is 0. The maximum absolute atomic E-state index is 13.0. The Morgan fingerprint density at radius 1 is 1.38 bits per heavy atom. The van der Waals surface area contributed by atoms with Crippen molar-refractivity contribution in [3.8, 4) is 0 Å². The molecule has 0 spiro atoms. The zero-order valence-corrected chi connectivity index (χ0v) is 10.2. The van der Waals surface area contributed by atoms with Crippen molar-refractivity contribution in [2.75, 3.05) is 18.5 Å². The lowest BCUT2D eigenvalue weighted by atomic mass is 9.90. The van der Waals surface area contributed by atoms with Crippen LogP contribution < -0.4 is 4.90 Å². The molecular weight excluding hydrogens is 205 g/mol. The first-order valence-corrected chi connectivity index (χ1v) is 5.31. The van der Waals surface area contributed by atoms with Gasteiger partial charge in [0.1, 0.15) is 5.82 Å². The molecule has 1 aromatic carbocycles. The summed E-state index contributed by atoms with van der Waals surface area (Å²) in [7, 11) is 1.79. The average molecular weight is 223 g/mol. The molecule has 1 aromatic rings. The standard InChI is InChI=1S/C13H18FNO/c1-13(2,3)12(16)9-15(4)11-7-5-6-10(14)8-11/h5-8H,9H2,1-4H3. The van der Waals surface area contributed by atoms with Crippen molar-refractivity contribution in [2.45, 2.75) is 20.8 Å². The highest BCUT2D eigenvalue weighted by Crippen LogP contribution is 2.18. The van der Waals surface area contributed by atoms with Crippen LogP contribution in [0.2, 0.25) is 0 Å². The van der Waals surface area contributed by atoms with Gasteiger partial charge in [0.2, 0.25) is 0 Å². The third kappa shape index (κ3) is 3.33. The predicted octanol–water partition coefficient (Wildman–Crippen LogP) is 2.88. The maximum atomic E-state index is 13.0. The molecule has 88 valence electrons. The second-order valence-corrected chi connectivity index (χ2v) is 5.01. The fourth-order valence-electron chi connectivity index (χ4n) is 1.26. The molecule has 1 rings (SSSR count). The topological polar surface area (TPSA) is 20.3 Å². The number of nitrogens with zero attached hydrogens (tertiary/aromatic N) is 1. The van der Waals surface area contributed by atoms with Gasteiger partial charge in [0, 0.05) is 18.2 Å². The summed E-state index contributed by atoms with van der Waals surface area (Å²) in [5.74, 6) is -0.146. The Balaban J connectivity index is 2.73. The third-order valence-corrected chi connectivity index (χ3v) is 2.47. The minimum Gasteiger partial charge on any atom is -0.367 e. The van der Waals surface area contributed by atoms with Crippen LogP contribution in [0.4, 0.5) is 10.1 Å². The van der Waals surface area contributed by atoms with Crippen molar-refractivity contribution in [2.24, 2.45) is 5.41 Å². The Kier molecular flexibility index (Phi) is 3.68. The van der Waals surface area contributed by atoms with Crippen LogP contribution in [-0.2, 0) is 4.79 Å². The fourth-order valence-corrected chi connectivity index (χ4v) is 1.26. The lowest BCUT2D eigenvalue weighted by molar-refractivity contribution is -0.124. The van der Waals surface area contributed by atoms with Crippen LogP contribution >= 0.6 is 0 Å². The largest absolute Gasteiger partial charge is 0.367 e. The Hall–Kier alpha value is -1.38. The minimum atomic E-state index is -0.360. The normalized spacial score (nSPS) is 11.3. The van der Waals surface area contributed by atoms with E-state index in [0.717, 1.165) is 5.69 Å². The first-order chi connectivity index (χ1) is 7.30. The van der Waals surface area contributed by atoms with Crippen molar-refractivity contribution >= 4 is 11.5 Å². The van der Waals surface area contributed by atoms with E-state index in [0.29, 0.717) is 6.54 Å². The third-order valence-electron chi connectivity index (χ3n) is 2.47. The molecule has 0 unspecified atom stereocenters. The van der Waals surface area contributed by atoms with Gasteiger partial charge in [-0.15, -0.1) is 0 Å². The molecule has 0 N–H and O–H groups in total. The molecule has 0 aromatic heterocycles. The number of carbonyl (C=O) groups is 1. The Morgan fingerprint density at radius 3 is 2.50 bits per heavy atom. The van der Waals surface area contributed by atoms with Crippen molar-refractivity contribution in [1.82, 2.24) is 0 Å². The molecule has 0 radical (unpaired) electrons. The zero-order valence-electron chi connectivity index (χ0n) is 10.2. The zero-order chi connectivity index (χ0) is 12.3. The quantitative estimate of drug-likeness (QED) is 0.785. The summed E-state index contributed by atoms with van der Waals surface area (Å²) in [5.41, 5.74) is 0.360. The summed E-state index contributed by atoms with van der Waals surface area (Å²) >= 11 is 0. The molecular formula is C13H18FNO. The number of likely N-dealkylation sites (N-methyl/N-ethyl adjacent to an activating group) is 1. The van der Waals surface area contributed by atoms with Crippen LogP contribution in [0.5, 0.6) is 0 Å². The number of halogens is 1. The maximum Gasteiger partial charge on any atom is 0.157 e. The van der Waals surface area contributed by atoms with Gasteiger partial charge in [0.25, 0.3) is 0 Å². The van der Waals surface area contributed by atoms with Crippen molar-refractivity contribution < 1.29 is 9.18 Å². The first-order valence-electron chi connectivity index (χ1n) is 5.31. The summed E-state index contributed by atoms with van der Waals surface area (Å²) in [6, 6.07) is 6.25. The van der Waals surface area contributed by atoms with Gasteiger partial charge in [0.15, 0.2) is 5.78 Å². The van der Waals surface area contributed by atoms with Crippen LogP contribution in [0.15, 0.2) is 24.3 Å². The number of hydrogen-bond donors (Lipinski definition) is 0. The van der Waals surface area contributed by atoms with Gasteiger partial charge < -0.3 is 4.90 Å². The number of rotatable bonds is 3. The van der Waals surface area contributed by atoms with Crippen LogP contribution in [0.1, 0.15) is 20.8 Å². The highest BCUT2D eigenvalue weighted by atomic mass is 19.1. The number of anilines is 1. The van der Waals surface area contributed by atoms with Gasteiger partial charge in [0.05, 0.1) is 6.54 Å². The molecule has 0 aliphatic carbocycles. The van der Waals surface area contributed by atoms with Crippen LogP contribution in [0.3, 0.4) is 0 Å². The fraction of sp³-hybridized carbons (Fsp3) is 0.462. The van der Waals surface area contributed by atoms with E-state index in [4.69, 9.17) is 0 Å². The lowest BCUT2D eigenvalue weighted by Gasteiger charge is -2.23. The molecule has 0 aliphatic heterocycles. The van der Waals surface area contributed by atoms with E-state index in [1.165, 1.54) is 12.1 Å². The molecule has 0 fully saturated rings. The number of ketones is 1. The number of hydrogen-bond acceptors (Lipinski definition) is 2. The molecule has 0 saturated carbocycles. The molecule has 0 amide bonds. The Bertz CT molecular complexity index is 382. The molecule has 0 saturated heterocycles. The van der Waals surface area contributed by atoms with E-state index in [2.05, 4.69) is 0 Å². The molecule has 0 bridgehead atoms. The molecule has 0 aliphatic rings. The molecule has 16 heavy (non-hydrogen) atoms. The molecule has 0 atom stereocenters. The van der Waals surface area contributed by atoms with Crippen molar-refractivity contribution in [3.05, 3.63) is 30.1 Å². The van der Waals surface area contributed by atoms with Gasteiger partial charge in [-0.25, -0.2) is 4.39 Å². The molecule has 2 nitrogen and oxygen atoms in total. The molecule has 0 heterocycles. The van der Waals surface area contributed by atoms with Gasteiger partial charge in [-0.3, -0.25) is 4.79 Å². The highest BCUT2D eigenvalue weighted by molar-refractivity contribution is 5.87. The smallest absolute Gasteiger partial charge is 0.157 e. The molecule has 3 heteroatoms. The number of carbonyl (C=O) groups excluding carboxylic acids is 1. The van der Waals surface area contributed by atoms with Gasteiger partial charge in [-0.1, -0.05) is 26.8 Å². The van der Waals surface area contributed by atoms with Crippen LogP contribution in [0.25, 0.3) is 0 Å². The van der Waals surface area contributed by atoms with E-state index in [1.807, 2.05) is 20.8 Å².